The molecule has 4 nitrogen and oxygen atoms in total. The Kier molecular flexibility index (Phi) is 6.22. The average molecular weight is 317 g/mol. The lowest BCUT2D eigenvalue weighted by molar-refractivity contribution is 0.0680. The Bertz CT molecular complexity index is 520. The quantitative estimate of drug-likeness (QED) is 0.759. The zero-order chi connectivity index (χ0) is 16.7. The van der Waals surface area contributed by atoms with Crippen LogP contribution in [0, 0.1) is 5.92 Å². The van der Waals surface area contributed by atoms with Gasteiger partial charge in [0.05, 0.1) is 12.1 Å². The molecule has 0 unspecified atom stereocenters. The van der Waals surface area contributed by atoms with Gasteiger partial charge in [0.1, 0.15) is 12.4 Å². The van der Waals surface area contributed by atoms with E-state index in [1.807, 2.05) is 6.92 Å². The molecule has 2 N–H and O–H groups in total. The second-order valence-electron chi connectivity index (χ2n) is 6.49. The summed E-state index contributed by atoms with van der Waals surface area (Å²) in [7, 11) is 0. The summed E-state index contributed by atoms with van der Waals surface area (Å²) >= 11 is 0. The molecule has 1 aliphatic rings. The fourth-order valence-electron chi connectivity index (χ4n) is 3.20. The summed E-state index contributed by atoms with van der Waals surface area (Å²) in [5.41, 5.74) is 0.0154. The van der Waals surface area contributed by atoms with Crippen molar-refractivity contribution in [2.75, 3.05) is 13.2 Å². The molecule has 1 saturated carbocycles. The summed E-state index contributed by atoms with van der Waals surface area (Å²) in [4.78, 5) is 12.5. The summed E-state index contributed by atoms with van der Waals surface area (Å²) in [6.07, 6.45) is 7.39. The zero-order valence-electron chi connectivity index (χ0n) is 13.9. The van der Waals surface area contributed by atoms with Gasteiger partial charge in [-0.05, 0) is 49.9 Å². The van der Waals surface area contributed by atoms with Gasteiger partial charge in [0.15, 0.2) is 0 Å². The van der Waals surface area contributed by atoms with Gasteiger partial charge in [0, 0.05) is 5.56 Å². The molecule has 1 aliphatic carbocycles. The third-order valence-electron chi connectivity index (χ3n) is 4.72. The van der Waals surface area contributed by atoms with Crippen molar-refractivity contribution in [3.63, 3.8) is 0 Å². The number of hydrogen-bond donors (Lipinski definition) is 2. The first-order chi connectivity index (χ1) is 11.1. The highest BCUT2D eigenvalue weighted by atomic mass is 16.5. The van der Waals surface area contributed by atoms with E-state index in [1.54, 1.807) is 30.3 Å². The van der Waals surface area contributed by atoms with E-state index in [4.69, 9.17) is 4.74 Å². The Morgan fingerprint density at radius 2 is 2.00 bits per heavy atom. The van der Waals surface area contributed by atoms with Crippen molar-refractivity contribution < 1.29 is 14.6 Å². The first-order valence-electron chi connectivity index (χ1n) is 8.36. The maximum absolute atomic E-state index is 12.5. The fourth-order valence-corrected chi connectivity index (χ4v) is 3.20. The minimum Gasteiger partial charge on any atom is -0.490 e. The molecule has 0 heterocycles. The third kappa shape index (κ3) is 4.58. The van der Waals surface area contributed by atoms with Crippen LogP contribution in [0.3, 0.4) is 0 Å². The molecule has 0 saturated heterocycles. The van der Waals surface area contributed by atoms with E-state index in [0.29, 0.717) is 23.8 Å². The molecule has 4 heteroatoms. The first kappa shape index (κ1) is 17.5. The van der Waals surface area contributed by atoms with E-state index in [9.17, 15) is 9.90 Å². The molecule has 0 radical (unpaired) electrons. The molecule has 0 spiro atoms. The zero-order valence-corrected chi connectivity index (χ0v) is 13.9. The van der Waals surface area contributed by atoms with Crippen LogP contribution in [0.4, 0.5) is 0 Å². The number of carbonyl (C=O) groups is 1. The van der Waals surface area contributed by atoms with E-state index in [-0.39, 0.29) is 12.5 Å². The number of amides is 1. The van der Waals surface area contributed by atoms with Crippen molar-refractivity contribution in [1.82, 2.24) is 5.32 Å². The maximum Gasteiger partial charge on any atom is 0.251 e. The Morgan fingerprint density at radius 1 is 1.35 bits per heavy atom. The van der Waals surface area contributed by atoms with Gasteiger partial charge in [-0.2, -0.15) is 0 Å². The van der Waals surface area contributed by atoms with Gasteiger partial charge in [-0.15, -0.1) is 0 Å². The van der Waals surface area contributed by atoms with Crippen LogP contribution < -0.4 is 10.1 Å². The van der Waals surface area contributed by atoms with Crippen molar-refractivity contribution in [1.29, 1.82) is 0 Å². The Morgan fingerprint density at radius 3 is 2.57 bits per heavy atom. The summed E-state index contributed by atoms with van der Waals surface area (Å²) in [6.45, 7) is 5.95. The molecular weight excluding hydrogens is 290 g/mol. The van der Waals surface area contributed by atoms with Gasteiger partial charge in [-0.3, -0.25) is 4.79 Å². The van der Waals surface area contributed by atoms with Crippen LogP contribution >= 0.6 is 0 Å². The van der Waals surface area contributed by atoms with Crippen LogP contribution in [-0.4, -0.2) is 29.8 Å². The maximum atomic E-state index is 12.5. The second kappa shape index (κ2) is 8.16. The van der Waals surface area contributed by atoms with Crippen LogP contribution in [0.15, 0.2) is 36.9 Å². The molecule has 0 bridgehead atoms. The number of ether oxygens (including phenoxy) is 1. The summed E-state index contributed by atoms with van der Waals surface area (Å²) in [5, 5.41) is 12.9. The SMILES string of the molecule is C=CCOc1ccc(C(=O)N[C@@](C)(CO)C2CCCCC2)cc1. The van der Waals surface area contributed by atoms with Crippen molar-refractivity contribution in [2.24, 2.45) is 5.92 Å². The predicted molar refractivity (Wildman–Crippen MR) is 91.7 cm³/mol. The minimum absolute atomic E-state index is 0.0378. The Balaban J connectivity index is 2.02. The smallest absolute Gasteiger partial charge is 0.251 e. The normalized spacial score (nSPS) is 18.0. The lowest BCUT2D eigenvalue weighted by Crippen LogP contribution is -2.54. The number of nitrogens with one attached hydrogen (secondary N) is 1. The van der Waals surface area contributed by atoms with Gasteiger partial charge < -0.3 is 15.2 Å². The number of benzene rings is 1. The van der Waals surface area contributed by atoms with Crippen LogP contribution in [0.25, 0.3) is 0 Å². The Hall–Kier alpha value is -1.81. The number of aliphatic hydroxyl groups is 1. The number of rotatable bonds is 7. The van der Waals surface area contributed by atoms with Gasteiger partial charge in [-0.25, -0.2) is 0 Å². The first-order valence-corrected chi connectivity index (χ1v) is 8.36. The highest BCUT2D eigenvalue weighted by molar-refractivity contribution is 5.94. The molecule has 1 amide bonds. The van der Waals surface area contributed by atoms with Crippen molar-refractivity contribution >= 4 is 5.91 Å². The van der Waals surface area contributed by atoms with E-state index in [0.717, 1.165) is 12.8 Å². The topological polar surface area (TPSA) is 58.6 Å². The fraction of sp³-hybridized carbons (Fsp3) is 0.526. The average Bonchev–Trinajstić information content (AvgIpc) is 2.61. The summed E-state index contributed by atoms with van der Waals surface area (Å²) in [5.74, 6) is 0.890. The predicted octanol–water partition coefficient (Wildman–Crippen LogP) is 3.31. The second-order valence-corrected chi connectivity index (χ2v) is 6.49. The highest BCUT2D eigenvalue weighted by Crippen LogP contribution is 2.32. The van der Waals surface area contributed by atoms with Gasteiger partial charge in [0.2, 0.25) is 0 Å². The number of carbonyl (C=O) groups excluding carboxylic acids is 1. The number of hydrogen-bond acceptors (Lipinski definition) is 3. The summed E-state index contributed by atoms with van der Waals surface area (Å²) in [6, 6.07) is 7.03. The van der Waals surface area contributed by atoms with Crippen LogP contribution in [0.2, 0.25) is 0 Å². The minimum atomic E-state index is -0.560. The van der Waals surface area contributed by atoms with Crippen LogP contribution in [0.5, 0.6) is 5.75 Å². The highest BCUT2D eigenvalue weighted by Gasteiger charge is 2.35. The molecule has 1 aromatic rings. The van der Waals surface area contributed by atoms with E-state index >= 15 is 0 Å². The lowest BCUT2D eigenvalue weighted by Gasteiger charge is -2.39. The summed E-state index contributed by atoms with van der Waals surface area (Å²) < 4.78 is 5.42. The molecule has 23 heavy (non-hydrogen) atoms. The van der Waals surface area contributed by atoms with Gasteiger partial charge >= 0.3 is 0 Å². The molecule has 0 aliphatic heterocycles. The van der Waals surface area contributed by atoms with E-state index in [1.165, 1.54) is 19.3 Å². The third-order valence-corrected chi connectivity index (χ3v) is 4.72. The van der Waals surface area contributed by atoms with Crippen molar-refractivity contribution in [3.05, 3.63) is 42.5 Å². The lowest BCUT2D eigenvalue weighted by atomic mass is 9.76. The van der Waals surface area contributed by atoms with Gasteiger partial charge in [0.25, 0.3) is 5.91 Å². The molecule has 0 aromatic heterocycles. The van der Waals surface area contributed by atoms with E-state index < -0.39 is 5.54 Å². The standard InChI is InChI=1S/C19H27NO3/c1-3-13-23-17-11-9-15(10-12-17)18(22)20-19(2,14-21)16-7-5-4-6-8-16/h3,9-12,16,21H,1,4-8,13-14H2,2H3,(H,20,22)/t19-/m0/s1. The Labute approximate surface area is 138 Å². The molecule has 2 rings (SSSR count). The molecular formula is C19H27NO3. The van der Waals surface area contributed by atoms with Crippen molar-refractivity contribution in [2.45, 2.75) is 44.6 Å². The largest absolute Gasteiger partial charge is 0.490 e. The van der Waals surface area contributed by atoms with Gasteiger partial charge in [-0.1, -0.05) is 31.9 Å². The van der Waals surface area contributed by atoms with Crippen molar-refractivity contribution in [3.8, 4) is 5.75 Å². The molecule has 1 aromatic carbocycles. The molecule has 126 valence electrons. The number of aliphatic hydroxyl groups excluding tert-OH is 1. The van der Waals surface area contributed by atoms with Crippen LogP contribution in [-0.2, 0) is 0 Å². The molecule has 1 atom stereocenters. The van der Waals surface area contributed by atoms with Crippen LogP contribution in [0.1, 0.15) is 49.4 Å². The monoisotopic (exact) mass is 317 g/mol. The molecule has 1 fully saturated rings. The van der Waals surface area contributed by atoms with E-state index in [2.05, 4.69) is 11.9 Å².